The van der Waals surface area contributed by atoms with E-state index in [0.717, 1.165) is 38.9 Å². The van der Waals surface area contributed by atoms with E-state index >= 15 is 0 Å². The highest BCUT2D eigenvalue weighted by molar-refractivity contribution is 7.26. The van der Waals surface area contributed by atoms with Gasteiger partial charge < -0.3 is 0 Å². The fourth-order valence-electron chi connectivity index (χ4n) is 9.06. The normalized spacial score (nSPS) is 12.8. The molecule has 1 aliphatic rings. The van der Waals surface area contributed by atoms with Crippen LogP contribution in [0.25, 0.3) is 98.8 Å². The van der Waals surface area contributed by atoms with Crippen molar-refractivity contribution in [3.8, 4) is 78.7 Å². The fraction of sp³-hybridized carbons (Fsp3) is 0.0556. The van der Waals surface area contributed by atoms with Crippen molar-refractivity contribution in [2.24, 2.45) is 0 Å². The van der Waals surface area contributed by atoms with Crippen LogP contribution in [0.3, 0.4) is 0 Å². The van der Waals surface area contributed by atoms with Gasteiger partial charge in [-0.15, -0.1) is 11.3 Å². The van der Waals surface area contributed by atoms with Gasteiger partial charge >= 0.3 is 0 Å². The van der Waals surface area contributed by atoms with E-state index in [-0.39, 0.29) is 5.41 Å². The summed E-state index contributed by atoms with van der Waals surface area (Å²) in [5.74, 6) is 1.94. The first-order chi connectivity index (χ1) is 28.5. The first-order valence-electron chi connectivity index (χ1n) is 19.8. The van der Waals surface area contributed by atoms with Crippen LogP contribution in [0.4, 0.5) is 0 Å². The van der Waals surface area contributed by atoms with Gasteiger partial charge in [0.1, 0.15) is 0 Å². The molecule has 58 heavy (non-hydrogen) atoms. The molecule has 0 radical (unpaired) electrons. The maximum atomic E-state index is 5.33. The molecular weight excluding hydrogens is 723 g/mol. The molecule has 0 spiro atoms. The Hall–Kier alpha value is -7.01. The van der Waals surface area contributed by atoms with Gasteiger partial charge in [0.15, 0.2) is 17.5 Å². The number of aromatic nitrogens is 3. The summed E-state index contributed by atoms with van der Waals surface area (Å²) in [6.45, 7) is 4.70. The van der Waals surface area contributed by atoms with Crippen molar-refractivity contribution in [2.45, 2.75) is 19.3 Å². The third-order valence-corrected chi connectivity index (χ3v) is 13.0. The van der Waals surface area contributed by atoms with Crippen molar-refractivity contribution >= 4 is 31.5 Å². The summed E-state index contributed by atoms with van der Waals surface area (Å²) in [6, 6.07) is 67.1. The van der Waals surface area contributed by atoms with Gasteiger partial charge in [0, 0.05) is 42.3 Å². The Morgan fingerprint density at radius 3 is 1.48 bits per heavy atom. The molecule has 10 aromatic rings. The first-order valence-corrected chi connectivity index (χ1v) is 20.6. The average Bonchev–Trinajstić information content (AvgIpc) is 3.79. The molecule has 0 N–H and O–H groups in total. The van der Waals surface area contributed by atoms with Crippen LogP contribution in [0.1, 0.15) is 25.0 Å². The smallest absolute Gasteiger partial charge is 0.165 e. The Kier molecular flexibility index (Phi) is 8.02. The van der Waals surface area contributed by atoms with Gasteiger partial charge in [-0.05, 0) is 67.8 Å². The molecule has 0 saturated heterocycles. The molecule has 0 aliphatic heterocycles. The predicted octanol–water partition coefficient (Wildman–Crippen LogP) is 14.5. The third-order valence-electron chi connectivity index (χ3n) is 11.8. The zero-order chi connectivity index (χ0) is 38.8. The highest BCUT2D eigenvalue weighted by Gasteiger charge is 2.37. The van der Waals surface area contributed by atoms with Crippen LogP contribution >= 0.6 is 11.3 Å². The zero-order valence-electron chi connectivity index (χ0n) is 32.1. The summed E-state index contributed by atoms with van der Waals surface area (Å²) in [6.07, 6.45) is 0. The highest BCUT2D eigenvalue weighted by atomic mass is 32.1. The minimum atomic E-state index is -0.0960. The molecule has 0 unspecified atom stereocenters. The topological polar surface area (TPSA) is 38.7 Å². The molecule has 0 amide bonds. The standard InChI is InChI=1S/C54H37N3S/c1-54(2)47-28-12-10-20-40(47)42-25-14-24-39(49(42)54)36-32-30-35(31-33-36)38-19-7-9-23-45(38)52-55-51(44-22-8-6-18-37(44)34-16-4-3-5-17-34)56-53(57-52)46-27-15-26-43-41-21-11-13-29-48(41)58-50(43)46/h3-33H,1-2H3. The summed E-state index contributed by atoms with van der Waals surface area (Å²) in [5, 5.41) is 2.46. The second-order valence-corrected chi connectivity index (χ2v) is 16.6. The molecule has 3 nitrogen and oxygen atoms in total. The lowest BCUT2D eigenvalue weighted by Crippen LogP contribution is -2.16. The van der Waals surface area contributed by atoms with Crippen LogP contribution in [-0.2, 0) is 5.41 Å². The van der Waals surface area contributed by atoms with E-state index in [0.29, 0.717) is 17.5 Å². The Morgan fingerprint density at radius 2 is 0.793 bits per heavy atom. The average molecular weight is 760 g/mol. The third kappa shape index (κ3) is 5.52. The predicted molar refractivity (Wildman–Crippen MR) is 243 cm³/mol. The van der Waals surface area contributed by atoms with E-state index in [4.69, 9.17) is 15.0 Å². The van der Waals surface area contributed by atoms with Gasteiger partial charge in [-0.3, -0.25) is 0 Å². The molecule has 8 aromatic carbocycles. The van der Waals surface area contributed by atoms with E-state index in [1.54, 1.807) is 11.3 Å². The number of hydrogen-bond acceptors (Lipinski definition) is 4. The number of hydrogen-bond donors (Lipinski definition) is 0. The number of rotatable bonds is 6. The van der Waals surface area contributed by atoms with Crippen molar-refractivity contribution in [3.05, 3.63) is 199 Å². The van der Waals surface area contributed by atoms with E-state index in [1.165, 1.54) is 53.6 Å². The van der Waals surface area contributed by atoms with Crippen LogP contribution in [-0.4, -0.2) is 15.0 Å². The Labute approximate surface area is 342 Å². The lowest BCUT2D eigenvalue weighted by Gasteiger charge is -2.24. The van der Waals surface area contributed by atoms with Crippen molar-refractivity contribution in [1.82, 2.24) is 15.0 Å². The Bertz CT molecular complexity index is 3200. The SMILES string of the molecule is CC1(C)c2ccccc2-c2cccc(-c3ccc(-c4ccccc4-c4nc(-c5ccccc5-c5ccccc5)nc(-c5cccc6c5sc5ccccc56)n4)cc3)c21. The van der Waals surface area contributed by atoms with Crippen molar-refractivity contribution in [3.63, 3.8) is 0 Å². The number of thiophene rings is 1. The first kappa shape index (κ1) is 34.3. The van der Waals surface area contributed by atoms with Crippen LogP contribution in [0.2, 0.25) is 0 Å². The van der Waals surface area contributed by atoms with E-state index < -0.39 is 0 Å². The van der Waals surface area contributed by atoms with Crippen LogP contribution < -0.4 is 0 Å². The van der Waals surface area contributed by atoms with Gasteiger partial charge in [-0.2, -0.15) is 0 Å². The number of benzene rings is 8. The van der Waals surface area contributed by atoms with Gasteiger partial charge in [0.05, 0.1) is 0 Å². The lowest BCUT2D eigenvalue weighted by atomic mass is 9.79. The van der Waals surface area contributed by atoms with E-state index in [9.17, 15) is 0 Å². The monoisotopic (exact) mass is 759 g/mol. The van der Waals surface area contributed by atoms with Crippen LogP contribution in [0.15, 0.2) is 188 Å². The van der Waals surface area contributed by atoms with Crippen LogP contribution in [0, 0.1) is 0 Å². The molecule has 2 aromatic heterocycles. The molecule has 0 bridgehead atoms. The quantitative estimate of drug-likeness (QED) is 0.169. The second-order valence-electron chi connectivity index (χ2n) is 15.5. The number of fused-ring (bicyclic) bond motifs is 6. The van der Waals surface area contributed by atoms with E-state index in [2.05, 4.69) is 196 Å². The van der Waals surface area contributed by atoms with Crippen molar-refractivity contribution < 1.29 is 0 Å². The van der Waals surface area contributed by atoms with Gasteiger partial charge in [0.25, 0.3) is 0 Å². The highest BCUT2D eigenvalue weighted by Crippen LogP contribution is 2.52. The number of nitrogens with zero attached hydrogens (tertiary/aromatic N) is 3. The zero-order valence-corrected chi connectivity index (χ0v) is 33.0. The van der Waals surface area contributed by atoms with Gasteiger partial charge in [-0.1, -0.05) is 190 Å². The maximum Gasteiger partial charge on any atom is 0.165 e. The second kappa shape index (κ2) is 13.6. The summed E-state index contributed by atoms with van der Waals surface area (Å²) < 4.78 is 2.42. The van der Waals surface area contributed by atoms with Crippen molar-refractivity contribution in [2.75, 3.05) is 0 Å². The molecule has 0 atom stereocenters. The van der Waals surface area contributed by atoms with E-state index in [1.807, 2.05) is 6.07 Å². The maximum absolute atomic E-state index is 5.33. The summed E-state index contributed by atoms with van der Waals surface area (Å²) in [4.78, 5) is 15.9. The molecule has 4 heteroatoms. The van der Waals surface area contributed by atoms with Gasteiger partial charge in [-0.25, -0.2) is 15.0 Å². The molecular formula is C54H37N3S. The molecule has 1 aliphatic carbocycles. The molecule has 11 rings (SSSR count). The lowest BCUT2D eigenvalue weighted by molar-refractivity contribution is 0.662. The minimum Gasteiger partial charge on any atom is -0.208 e. The molecule has 0 saturated carbocycles. The van der Waals surface area contributed by atoms with Gasteiger partial charge in [0.2, 0.25) is 0 Å². The van der Waals surface area contributed by atoms with Crippen LogP contribution in [0.5, 0.6) is 0 Å². The Balaban J connectivity index is 1.07. The summed E-state index contributed by atoms with van der Waals surface area (Å²) >= 11 is 1.79. The summed E-state index contributed by atoms with van der Waals surface area (Å²) in [7, 11) is 0. The largest absolute Gasteiger partial charge is 0.208 e. The van der Waals surface area contributed by atoms with Crippen molar-refractivity contribution in [1.29, 1.82) is 0 Å². The summed E-state index contributed by atoms with van der Waals surface area (Å²) in [5.41, 5.74) is 15.1. The fourth-order valence-corrected chi connectivity index (χ4v) is 10.3. The Morgan fingerprint density at radius 1 is 0.345 bits per heavy atom. The molecule has 0 fully saturated rings. The molecule has 2 heterocycles. The minimum absolute atomic E-state index is 0.0960. The molecule has 274 valence electrons.